The third-order valence-corrected chi connectivity index (χ3v) is 8.26. The van der Waals surface area contributed by atoms with Crippen LogP contribution in [0.15, 0.2) is 83.8 Å². The first-order chi connectivity index (χ1) is 19.4. The lowest BCUT2D eigenvalue weighted by atomic mass is 10.0. The molecule has 3 aromatic carbocycles. The van der Waals surface area contributed by atoms with E-state index in [9.17, 15) is 14.7 Å². The smallest absolute Gasteiger partial charge is 0.321 e. The summed E-state index contributed by atoms with van der Waals surface area (Å²) in [5.74, 6) is -0.356. The van der Waals surface area contributed by atoms with Crippen molar-refractivity contribution in [2.24, 2.45) is 0 Å². The Labute approximate surface area is 244 Å². The molecular weight excluding hydrogens is 516 g/mol. The fourth-order valence-corrected chi connectivity index (χ4v) is 5.56. The maximum atomic E-state index is 13.2. The van der Waals surface area contributed by atoms with Crippen LogP contribution in [0.3, 0.4) is 0 Å². The SMILES string of the molecule is CCCCCCCN(CCc1ccc(CC(Sc2ccccc2)C(=O)O)cc1)C(=O)Nc1ccc(C(C)C)cc1. The molecule has 0 saturated heterocycles. The molecule has 214 valence electrons. The highest BCUT2D eigenvalue weighted by atomic mass is 32.2. The van der Waals surface area contributed by atoms with Gasteiger partial charge in [0, 0.05) is 23.7 Å². The maximum Gasteiger partial charge on any atom is 0.321 e. The number of anilines is 1. The van der Waals surface area contributed by atoms with Crippen LogP contribution in [0.1, 0.15) is 75.5 Å². The minimum atomic E-state index is -0.808. The molecule has 0 aliphatic carbocycles. The average molecular weight is 561 g/mol. The van der Waals surface area contributed by atoms with Crippen molar-refractivity contribution in [1.29, 1.82) is 0 Å². The van der Waals surface area contributed by atoms with Crippen molar-refractivity contribution in [2.45, 2.75) is 81.8 Å². The number of hydrogen-bond donors (Lipinski definition) is 2. The molecule has 0 aromatic heterocycles. The number of amides is 2. The number of benzene rings is 3. The van der Waals surface area contributed by atoms with Crippen molar-refractivity contribution >= 4 is 29.4 Å². The molecule has 0 saturated carbocycles. The molecule has 1 atom stereocenters. The first kappa shape index (κ1) is 31.3. The quantitative estimate of drug-likeness (QED) is 0.136. The Hall–Kier alpha value is -3.25. The van der Waals surface area contributed by atoms with Crippen molar-refractivity contribution in [1.82, 2.24) is 4.90 Å². The van der Waals surface area contributed by atoms with E-state index < -0.39 is 11.2 Å². The van der Waals surface area contributed by atoms with Gasteiger partial charge in [-0.05, 0) is 66.1 Å². The number of nitrogens with one attached hydrogen (secondary N) is 1. The Bertz CT molecular complexity index is 1160. The molecule has 2 amide bonds. The molecule has 3 rings (SSSR count). The van der Waals surface area contributed by atoms with Crippen LogP contribution in [0.25, 0.3) is 0 Å². The molecule has 0 spiro atoms. The number of unbranched alkanes of at least 4 members (excludes halogenated alkanes) is 4. The van der Waals surface area contributed by atoms with Gasteiger partial charge in [0.15, 0.2) is 0 Å². The maximum absolute atomic E-state index is 13.2. The van der Waals surface area contributed by atoms with E-state index in [0.29, 0.717) is 18.9 Å². The summed E-state index contributed by atoms with van der Waals surface area (Å²) in [6.07, 6.45) is 6.95. The Morgan fingerprint density at radius 3 is 2.10 bits per heavy atom. The van der Waals surface area contributed by atoms with Gasteiger partial charge < -0.3 is 15.3 Å². The van der Waals surface area contributed by atoms with Crippen LogP contribution in [-0.2, 0) is 17.6 Å². The summed E-state index contributed by atoms with van der Waals surface area (Å²) < 4.78 is 0. The van der Waals surface area contributed by atoms with Crippen molar-refractivity contribution in [3.8, 4) is 0 Å². The fraction of sp³-hybridized carbons (Fsp3) is 0.412. The normalized spacial score (nSPS) is 11.8. The number of nitrogens with zero attached hydrogens (tertiary/aromatic N) is 1. The summed E-state index contributed by atoms with van der Waals surface area (Å²) in [5.41, 5.74) is 4.20. The van der Waals surface area contributed by atoms with Crippen LogP contribution in [-0.4, -0.2) is 40.3 Å². The predicted octanol–water partition coefficient (Wildman–Crippen LogP) is 8.65. The first-order valence-electron chi connectivity index (χ1n) is 14.5. The van der Waals surface area contributed by atoms with Crippen LogP contribution < -0.4 is 5.32 Å². The lowest BCUT2D eigenvalue weighted by Gasteiger charge is -2.23. The van der Waals surface area contributed by atoms with E-state index in [0.717, 1.165) is 47.5 Å². The molecule has 40 heavy (non-hydrogen) atoms. The number of carbonyl (C=O) groups is 2. The highest BCUT2D eigenvalue weighted by Crippen LogP contribution is 2.26. The highest BCUT2D eigenvalue weighted by Gasteiger charge is 2.20. The number of carboxylic acids is 1. The van der Waals surface area contributed by atoms with E-state index in [1.54, 1.807) is 0 Å². The number of thioether (sulfide) groups is 1. The van der Waals surface area contributed by atoms with Crippen molar-refractivity contribution in [3.05, 3.63) is 95.6 Å². The Kier molecular flexibility index (Phi) is 13.1. The Morgan fingerprint density at radius 1 is 0.825 bits per heavy atom. The lowest BCUT2D eigenvalue weighted by Crippen LogP contribution is -2.37. The highest BCUT2D eigenvalue weighted by molar-refractivity contribution is 8.00. The summed E-state index contributed by atoms with van der Waals surface area (Å²) in [7, 11) is 0. The zero-order chi connectivity index (χ0) is 28.7. The topological polar surface area (TPSA) is 69.6 Å². The average Bonchev–Trinajstić information content (AvgIpc) is 2.95. The van der Waals surface area contributed by atoms with E-state index in [-0.39, 0.29) is 6.03 Å². The van der Waals surface area contributed by atoms with E-state index in [4.69, 9.17) is 0 Å². The third kappa shape index (κ3) is 10.7. The molecule has 2 N–H and O–H groups in total. The molecule has 0 fully saturated rings. The fourth-order valence-electron chi connectivity index (χ4n) is 4.54. The molecule has 0 aliphatic heterocycles. The van der Waals surface area contributed by atoms with Crippen LogP contribution in [0, 0.1) is 0 Å². The largest absolute Gasteiger partial charge is 0.480 e. The van der Waals surface area contributed by atoms with Gasteiger partial charge in [0.25, 0.3) is 0 Å². The molecule has 0 bridgehead atoms. The zero-order valence-corrected chi connectivity index (χ0v) is 25.0. The van der Waals surface area contributed by atoms with E-state index in [2.05, 4.69) is 50.4 Å². The van der Waals surface area contributed by atoms with Crippen molar-refractivity contribution < 1.29 is 14.7 Å². The van der Waals surface area contributed by atoms with Gasteiger partial charge in [0.2, 0.25) is 0 Å². The molecule has 0 heterocycles. The summed E-state index contributed by atoms with van der Waals surface area (Å²) >= 11 is 1.38. The molecule has 6 heteroatoms. The van der Waals surface area contributed by atoms with Crippen LogP contribution in [0.4, 0.5) is 10.5 Å². The van der Waals surface area contributed by atoms with Gasteiger partial charge in [-0.15, -0.1) is 11.8 Å². The molecule has 5 nitrogen and oxygen atoms in total. The van der Waals surface area contributed by atoms with Crippen LogP contribution in [0.5, 0.6) is 0 Å². The summed E-state index contributed by atoms with van der Waals surface area (Å²) in [6, 6.07) is 25.8. The standard InChI is InChI=1S/C34H44N2O3S/c1-4-5-6-7-11-23-36(34(39)35-30-20-18-29(19-21-30)26(2)3)24-22-27-14-16-28(17-15-27)25-32(33(37)38)40-31-12-9-8-10-13-31/h8-10,12-21,26,32H,4-7,11,22-25H2,1-3H3,(H,35,39)(H,37,38). The first-order valence-corrected chi connectivity index (χ1v) is 15.4. The van der Waals surface area contributed by atoms with Crippen molar-refractivity contribution in [3.63, 3.8) is 0 Å². The van der Waals surface area contributed by atoms with Gasteiger partial charge in [0.1, 0.15) is 5.25 Å². The Morgan fingerprint density at radius 2 is 1.48 bits per heavy atom. The predicted molar refractivity (Wildman–Crippen MR) is 167 cm³/mol. The minimum Gasteiger partial charge on any atom is -0.480 e. The van der Waals surface area contributed by atoms with Gasteiger partial charge in [-0.25, -0.2) is 4.79 Å². The van der Waals surface area contributed by atoms with E-state index in [1.807, 2.05) is 59.5 Å². The second-order valence-electron chi connectivity index (χ2n) is 10.6. The van der Waals surface area contributed by atoms with Gasteiger partial charge in [-0.3, -0.25) is 4.79 Å². The van der Waals surface area contributed by atoms with E-state index >= 15 is 0 Å². The van der Waals surface area contributed by atoms with Crippen LogP contribution in [0.2, 0.25) is 0 Å². The lowest BCUT2D eigenvalue weighted by molar-refractivity contribution is -0.136. The number of urea groups is 1. The van der Waals surface area contributed by atoms with E-state index in [1.165, 1.54) is 36.6 Å². The number of rotatable bonds is 16. The monoisotopic (exact) mass is 560 g/mol. The molecule has 0 radical (unpaired) electrons. The van der Waals surface area contributed by atoms with Gasteiger partial charge in [0.05, 0.1) is 0 Å². The molecular formula is C34H44N2O3S. The summed E-state index contributed by atoms with van der Waals surface area (Å²) in [5, 5.41) is 12.3. The number of aliphatic carboxylic acids is 1. The number of carboxylic acid groups (broad SMARTS) is 1. The van der Waals surface area contributed by atoms with Crippen LogP contribution >= 0.6 is 11.8 Å². The summed E-state index contributed by atoms with van der Waals surface area (Å²) in [6.45, 7) is 7.89. The minimum absolute atomic E-state index is 0.0633. The van der Waals surface area contributed by atoms with Crippen molar-refractivity contribution in [2.75, 3.05) is 18.4 Å². The number of carbonyl (C=O) groups excluding carboxylic acids is 1. The van der Waals surface area contributed by atoms with Gasteiger partial charge >= 0.3 is 12.0 Å². The summed E-state index contributed by atoms with van der Waals surface area (Å²) in [4.78, 5) is 28.0. The Balaban J connectivity index is 1.58. The molecule has 3 aromatic rings. The molecule has 1 unspecified atom stereocenters. The third-order valence-electron chi connectivity index (χ3n) is 7.06. The molecule has 0 aliphatic rings. The zero-order valence-electron chi connectivity index (χ0n) is 24.1. The second kappa shape index (κ2) is 16.8. The van der Waals surface area contributed by atoms with Gasteiger partial charge in [-0.2, -0.15) is 0 Å². The second-order valence-corrected chi connectivity index (χ2v) is 11.9. The van der Waals surface area contributed by atoms with Gasteiger partial charge in [-0.1, -0.05) is 101 Å². The number of hydrogen-bond acceptors (Lipinski definition) is 3.